The van der Waals surface area contributed by atoms with Gasteiger partial charge in [0.05, 0.1) is 6.26 Å². The molecule has 0 aromatic carbocycles. The first-order chi connectivity index (χ1) is 6.60. The lowest BCUT2D eigenvalue weighted by molar-refractivity contribution is 0.409. The minimum atomic E-state index is -3.44. The second-order valence-electron chi connectivity index (χ2n) is 3.34. The summed E-state index contributed by atoms with van der Waals surface area (Å²) < 4.78 is 29.9. The monoisotopic (exact) mass is 216 g/mol. The first kappa shape index (κ1) is 9.70. The molecule has 0 bridgehead atoms. The molecular weight excluding hydrogens is 204 g/mol. The molecule has 5 nitrogen and oxygen atoms in total. The second kappa shape index (κ2) is 3.38. The quantitative estimate of drug-likeness (QED) is 0.755. The van der Waals surface area contributed by atoms with E-state index in [9.17, 15) is 8.42 Å². The van der Waals surface area contributed by atoms with E-state index in [1.54, 1.807) is 6.07 Å². The maximum Gasteiger partial charge on any atom is 0.276 e. The van der Waals surface area contributed by atoms with Crippen molar-refractivity contribution in [2.45, 2.75) is 17.6 Å². The van der Waals surface area contributed by atoms with Crippen molar-refractivity contribution >= 4 is 10.0 Å². The van der Waals surface area contributed by atoms with Gasteiger partial charge in [-0.3, -0.25) is 0 Å². The van der Waals surface area contributed by atoms with Gasteiger partial charge in [-0.25, -0.2) is 8.42 Å². The van der Waals surface area contributed by atoms with E-state index in [-0.39, 0.29) is 11.1 Å². The van der Waals surface area contributed by atoms with Crippen LogP contribution in [0.25, 0.3) is 0 Å². The molecule has 0 unspecified atom stereocenters. The van der Waals surface area contributed by atoms with Crippen LogP contribution in [-0.2, 0) is 10.0 Å². The lowest BCUT2D eigenvalue weighted by Gasteiger charge is -2.13. The number of hydrogen-bond donors (Lipinski definition) is 1. The van der Waals surface area contributed by atoms with Crippen molar-refractivity contribution < 1.29 is 12.8 Å². The Morgan fingerprint density at radius 2 is 2.36 bits per heavy atom. The molecule has 14 heavy (non-hydrogen) atoms. The Labute approximate surface area is 82.5 Å². The van der Waals surface area contributed by atoms with Crippen molar-refractivity contribution in [1.82, 2.24) is 4.31 Å². The highest BCUT2D eigenvalue weighted by atomic mass is 32.2. The summed E-state index contributed by atoms with van der Waals surface area (Å²) in [6.45, 7) is 0.854. The van der Waals surface area contributed by atoms with Crippen LogP contribution < -0.4 is 5.73 Å². The summed E-state index contributed by atoms with van der Waals surface area (Å²) in [5.74, 6) is 0. The molecule has 1 aliphatic heterocycles. The van der Waals surface area contributed by atoms with Crippen molar-refractivity contribution in [3.05, 3.63) is 18.4 Å². The molecule has 78 valence electrons. The molecule has 1 aromatic heterocycles. The minimum Gasteiger partial charge on any atom is -0.452 e. The Bertz CT molecular complexity index is 398. The fraction of sp³-hybridized carbons (Fsp3) is 0.500. The van der Waals surface area contributed by atoms with E-state index in [1.165, 1.54) is 16.6 Å². The third kappa shape index (κ3) is 1.56. The van der Waals surface area contributed by atoms with E-state index in [0.717, 1.165) is 0 Å². The van der Waals surface area contributed by atoms with Gasteiger partial charge >= 0.3 is 0 Å². The molecule has 0 amide bonds. The van der Waals surface area contributed by atoms with E-state index in [4.69, 9.17) is 10.2 Å². The summed E-state index contributed by atoms with van der Waals surface area (Å²) in [7, 11) is -3.44. The lowest BCUT2D eigenvalue weighted by Crippen LogP contribution is -2.31. The minimum absolute atomic E-state index is 0.00778. The molecule has 1 aromatic rings. The molecule has 1 fully saturated rings. The van der Waals surface area contributed by atoms with Crippen molar-refractivity contribution in [3.8, 4) is 0 Å². The lowest BCUT2D eigenvalue weighted by atomic mass is 10.3. The van der Waals surface area contributed by atoms with Crippen molar-refractivity contribution in [2.75, 3.05) is 13.1 Å². The van der Waals surface area contributed by atoms with Gasteiger partial charge in [0, 0.05) is 19.1 Å². The molecule has 2 rings (SSSR count). The van der Waals surface area contributed by atoms with Crippen LogP contribution in [0.4, 0.5) is 0 Å². The highest BCUT2D eigenvalue weighted by molar-refractivity contribution is 7.89. The molecular formula is C8H12N2O3S. The normalized spacial score (nSPS) is 24.2. The second-order valence-corrected chi connectivity index (χ2v) is 5.21. The highest BCUT2D eigenvalue weighted by Crippen LogP contribution is 2.20. The molecule has 1 saturated heterocycles. The smallest absolute Gasteiger partial charge is 0.276 e. The van der Waals surface area contributed by atoms with Gasteiger partial charge in [-0.1, -0.05) is 0 Å². The van der Waals surface area contributed by atoms with Crippen LogP contribution in [0.1, 0.15) is 6.42 Å². The van der Waals surface area contributed by atoms with E-state index in [1.807, 2.05) is 0 Å². The summed E-state index contributed by atoms with van der Waals surface area (Å²) in [5.41, 5.74) is 5.64. The third-order valence-corrected chi connectivity index (χ3v) is 4.03. The van der Waals surface area contributed by atoms with Crippen LogP contribution in [0.5, 0.6) is 0 Å². The SMILES string of the molecule is N[C@@H]1CCN(S(=O)(=O)c2ccco2)C1. The van der Waals surface area contributed by atoms with E-state index in [2.05, 4.69) is 0 Å². The molecule has 2 N–H and O–H groups in total. The Balaban J connectivity index is 2.26. The summed E-state index contributed by atoms with van der Waals surface area (Å²) >= 11 is 0. The zero-order valence-corrected chi connectivity index (χ0v) is 8.40. The van der Waals surface area contributed by atoms with Gasteiger partial charge in [-0.15, -0.1) is 0 Å². The van der Waals surface area contributed by atoms with Crippen molar-refractivity contribution in [3.63, 3.8) is 0 Å². The Morgan fingerprint density at radius 1 is 1.57 bits per heavy atom. The zero-order chi connectivity index (χ0) is 10.2. The fourth-order valence-electron chi connectivity index (χ4n) is 1.51. The van der Waals surface area contributed by atoms with Crippen LogP contribution in [0.3, 0.4) is 0 Å². The number of nitrogens with zero attached hydrogens (tertiary/aromatic N) is 1. The zero-order valence-electron chi connectivity index (χ0n) is 7.59. The van der Waals surface area contributed by atoms with Crippen LogP contribution in [-0.4, -0.2) is 31.9 Å². The van der Waals surface area contributed by atoms with Gasteiger partial charge in [-0.05, 0) is 18.6 Å². The number of hydrogen-bond acceptors (Lipinski definition) is 4. The Kier molecular flexibility index (Phi) is 2.34. The van der Waals surface area contributed by atoms with Crippen LogP contribution in [0.15, 0.2) is 27.9 Å². The van der Waals surface area contributed by atoms with Gasteiger partial charge in [-0.2, -0.15) is 4.31 Å². The van der Waals surface area contributed by atoms with Gasteiger partial charge in [0.25, 0.3) is 10.0 Å². The first-order valence-electron chi connectivity index (χ1n) is 4.40. The van der Waals surface area contributed by atoms with Crippen molar-refractivity contribution in [2.24, 2.45) is 5.73 Å². The third-order valence-electron chi connectivity index (χ3n) is 2.28. The maximum absolute atomic E-state index is 11.8. The van der Waals surface area contributed by atoms with E-state index in [0.29, 0.717) is 19.5 Å². The molecule has 0 spiro atoms. The van der Waals surface area contributed by atoms with E-state index >= 15 is 0 Å². The van der Waals surface area contributed by atoms with Crippen molar-refractivity contribution in [1.29, 1.82) is 0 Å². The summed E-state index contributed by atoms with van der Waals surface area (Å²) in [6.07, 6.45) is 2.06. The van der Waals surface area contributed by atoms with Gasteiger partial charge in [0.2, 0.25) is 5.09 Å². The van der Waals surface area contributed by atoms with Gasteiger partial charge < -0.3 is 10.2 Å². The topological polar surface area (TPSA) is 76.5 Å². The number of furan rings is 1. The summed E-state index contributed by atoms with van der Waals surface area (Å²) in [4.78, 5) is 0. The molecule has 0 saturated carbocycles. The Morgan fingerprint density at radius 3 is 2.86 bits per heavy atom. The predicted molar refractivity (Wildman–Crippen MR) is 50.1 cm³/mol. The van der Waals surface area contributed by atoms with Crippen LogP contribution in [0.2, 0.25) is 0 Å². The standard InChI is InChI=1S/C8H12N2O3S/c9-7-3-4-10(6-7)14(11,12)8-2-1-5-13-8/h1-2,5,7H,3-4,6,9H2/t7-/m1/s1. The summed E-state index contributed by atoms with van der Waals surface area (Å²) in [6, 6.07) is 2.95. The molecule has 6 heteroatoms. The van der Waals surface area contributed by atoms with Gasteiger partial charge in [0.15, 0.2) is 0 Å². The summed E-state index contributed by atoms with van der Waals surface area (Å²) in [5, 5.41) is -0.00778. The number of rotatable bonds is 2. The highest BCUT2D eigenvalue weighted by Gasteiger charge is 2.32. The Hall–Kier alpha value is -0.850. The van der Waals surface area contributed by atoms with Gasteiger partial charge in [0.1, 0.15) is 0 Å². The average Bonchev–Trinajstić information content (AvgIpc) is 2.72. The average molecular weight is 216 g/mol. The van der Waals surface area contributed by atoms with Crippen LogP contribution >= 0.6 is 0 Å². The molecule has 0 aliphatic carbocycles. The maximum atomic E-state index is 11.8. The van der Waals surface area contributed by atoms with Crippen LogP contribution in [0, 0.1) is 0 Å². The predicted octanol–water partition coefficient (Wildman–Crippen LogP) is 0.00130. The molecule has 0 radical (unpaired) electrons. The molecule has 1 atom stereocenters. The first-order valence-corrected chi connectivity index (χ1v) is 5.84. The number of sulfonamides is 1. The molecule has 1 aliphatic rings. The molecule has 2 heterocycles. The number of nitrogens with two attached hydrogens (primary N) is 1. The largest absolute Gasteiger partial charge is 0.452 e. The fourth-order valence-corrected chi connectivity index (χ4v) is 2.93. The van der Waals surface area contributed by atoms with E-state index < -0.39 is 10.0 Å².